The minimum Gasteiger partial charge on any atom is -0.493 e. The van der Waals surface area contributed by atoms with Crippen LogP contribution in [0.5, 0.6) is 11.5 Å². The summed E-state index contributed by atoms with van der Waals surface area (Å²) in [6.07, 6.45) is 1.60. The number of carbonyl (C=O) groups is 1. The maximum absolute atomic E-state index is 12.3. The molecule has 0 aliphatic heterocycles. The number of para-hydroxylation sites is 1. The van der Waals surface area contributed by atoms with E-state index in [-0.39, 0.29) is 5.91 Å². The summed E-state index contributed by atoms with van der Waals surface area (Å²) in [4.78, 5) is 16.4. The highest BCUT2D eigenvalue weighted by molar-refractivity contribution is 9.10. The summed E-state index contributed by atoms with van der Waals surface area (Å²) in [6, 6.07) is 8.68. The van der Waals surface area contributed by atoms with Crippen molar-refractivity contribution < 1.29 is 14.3 Å². The number of hydrogen-bond donors (Lipinski definition) is 1. The fourth-order valence-corrected chi connectivity index (χ4v) is 2.07. The Morgan fingerprint density at radius 1 is 1.20 bits per heavy atom. The van der Waals surface area contributed by atoms with Gasteiger partial charge in [-0.25, -0.2) is 4.98 Å². The number of anilines is 1. The molecule has 2 aromatic rings. The topological polar surface area (TPSA) is 60.5 Å². The summed E-state index contributed by atoms with van der Waals surface area (Å²) < 4.78 is 11.1. The van der Waals surface area contributed by atoms with Crippen molar-refractivity contribution in [1.29, 1.82) is 0 Å². The molecule has 0 aliphatic rings. The van der Waals surface area contributed by atoms with Gasteiger partial charge in [-0.05, 0) is 40.2 Å². The molecule has 5 nitrogen and oxygen atoms in total. The van der Waals surface area contributed by atoms with Crippen LogP contribution in [0, 0.1) is 0 Å². The van der Waals surface area contributed by atoms with Crippen LogP contribution in [-0.4, -0.2) is 25.1 Å². The normalized spacial score (nSPS) is 9.95. The molecule has 0 radical (unpaired) electrons. The van der Waals surface area contributed by atoms with Crippen LogP contribution in [0.4, 0.5) is 5.82 Å². The Kier molecular flexibility index (Phi) is 4.57. The molecule has 1 N–H and O–H groups in total. The third-order valence-corrected chi connectivity index (χ3v) is 3.28. The zero-order valence-corrected chi connectivity index (χ0v) is 12.6. The molecule has 0 aliphatic carbocycles. The zero-order valence-electron chi connectivity index (χ0n) is 11.0. The van der Waals surface area contributed by atoms with Crippen molar-refractivity contribution in [2.45, 2.75) is 0 Å². The van der Waals surface area contributed by atoms with Gasteiger partial charge in [0.25, 0.3) is 5.91 Å². The molecule has 0 bridgehead atoms. The summed E-state index contributed by atoms with van der Waals surface area (Å²) in [5.41, 5.74) is 0.379. The van der Waals surface area contributed by atoms with Crippen LogP contribution in [0.25, 0.3) is 0 Å². The molecule has 0 saturated heterocycles. The summed E-state index contributed by atoms with van der Waals surface area (Å²) >= 11 is 3.33. The van der Waals surface area contributed by atoms with Gasteiger partial charge < -0.3 is 14.8 Å². The number of amides is 1. The van der Waals surface area contributed by atoms with E-state index < -0.39 is 0 Å². The fourth-order valence-electron chi connectivity index (χ4n) is 1.72. The number of nitrogens with one attached hydrogen (secondary N) is 1. The van der Waals surface area contributed by atoms with Gasteiger partial charge in [0, 0.05) is 6.20 Å². The molecule has 1 aromatic heterocycles. The Morgan fingerprint density at radius 3 is 2.65 bits per heavy atom. The second-order valence-corrected chi connectivity index (χ2v) is 4.68. The number of ether oxygens (including phenoxy) is 2. The van der Waals surface area contributed by atoms with Gasteiger partial charge >= 0.3 is 0 Å². The monoisotopic (exact) mass is 336 g/mol. The third-order valence-electron chi connectivity index (χ3n) is 2.64. The predicted molar refractivity (Wildman–Crippen MR) is 79.4 cm³/mol. The van der Waals surface area contributed by atoms with Gasteiger partial charge in [-0.15, -0.1) is 0 Å². The van der Waals surface area contributed by atoms with Crippen LogP contribution in [0.1, 0.15) is 10.4 Å². The van der Waals surface area contributed by atoms with Gasteiger partial charge in [0.2, 0.25) is 0 Å². The molecule has 1 aromatic carbocycles. The first-order valence-electron chi connectivity index (χ1n) is 5.80. The van der Waals surface area contributed by atoms with E-state index in [4.69, 9.17) is 9.47 Å². The van der Waals surface area contributed by atoms with E-state index in [1.165, 1.54) is 14.2 Å². The Balaban J connectivity index is 2.32. The average Bonchev–Trinajstić information content (AvgIpc) is 2.48. The highest BCUT2D eigenvalue weighted by atomic mass is 79.9. The number of aromatic nitrogens is 1. The Labute approximate surface area is 125 Å². The van der Waals surface area contributed by atoms with Gasteiger partial charge in [0.05, 0.1) is 24.3 Å². The lowest BCUT2D eigenvalue weighted by atomic mass is 10.1. The molecule has 20 heavy (non-hydrogen) atoms. The second-order valence-electron chi connectivity index (χ2n) is 3.83. The molecular weight excluding hydrogens is 324 g/mol. The molecule has 0 saturated carbocycles. The van der Waals surface area contributed by atoms with Crippen LogP contribution in [0.15, 0.2) is 41.0 Å². The zero-order chi connectivity index (χ0) is 14.5. The van der Waals surface area contributed by atoms with Crippen molar-refractivity contribution in [1.82, 2.24) is 4.98 Å². The highest BCUT2D eigenvalue weighted by Crippen LogP contribution is 2.31. The number of methoxy groups -OCH3 is 2. The van der Waals surface area contributed by atoms with Gasteiger partial charge in [0.15, 0.2) is 11.5 Å². The minimum atomic E-state index is -0.319. The van der Waals surface area contributed by atoms with Crippen LogP contribution in [0.2, 0.25) is 0 Å². The van der Waals surface area contributed by atoms with Gasteiger partial charge in [-0.2, -0.15) is 0 Å². The molecule has 0 spiro atoms. The molecule has 0 atom stereocenters. The van der Waals surface area contributed by atoms with Crippen molar-refractivity contribution in [3.05, 3.63) is 46.6 Å². The molecule has 6 heteroatoms. The first-order valence-corrected chi connectivity index (χ1v) is 6.59. The number of pyridine rings is 1. The summed E-state index contributed by atoms with van der Waals surface area (Å²) in [6.45, 7) is 0. The smallest absolute Gasteiger partial charge is 0.260 e. The lowest BCUT2D eigenvalue weighted by Gasteiger charge is -2.12. The number of carbonyl (C=O) groups excluding carboxylic acids is 1. The lowest BCUT2D eigenvalue weighted by molar-refractivity contribution is 0.102. The maximum Gasteiger partial charge on any atom is 0.260 e. The Hall–Kier alpha value is -2.08. The van der Waals surface area contributed by atoms with Crippen LogP contribution >= 0.6 is 15.9 Å². The fraction of sp³-hybridized carbons (Fsp3) is 0.143. The van der Waals surface area contributed by atoms with Gasteiger partial charge in [-0.3, -0.25) is 4.79 Å². The highest BCUT2D eigenvalue weighted by Gasteiger charge is 2.17. The first kappa shape index (κ1) is 14.3. The van der Waals surface area contributed by atoms with E-state index in [1.807, 2.05) is 0 Å². The van der Waals surface area contributed by atoms with Crippen molar-refractivity contribution in [3.63, 3.8) is 0 Å². The van der Waals surface area contributed by atoms with Crippen LogP contribution in [0.3, 0.4) is 0 Å². The first-order chi connectivity index (χ1) is 9.67. The molecule has 1 heterocycles. The number of nitrogens with zero attached hydrogens (tertiary/aromatic N) is 1. The van der Waals surface area contributed by atoms with E-state index in [9.17, 15) is 4.79 Å². The van der Waals surface area contributed by atoms with E-state index in [1.54, 1.807) is 36.5 Å². The van der Waals surface area contributed by atoms with E-state index in [0.717, 1.165) is 0 Å². The van der Waals surface area contributed by atoms with Crippen LogP contribution in [-0.2, 0) is 0 Å². The van der Waals surface area contributed by atoms with Gasteiger partial charge in [0.1, 0.15) is 5.82 Å². The Morgan fingerprint density at radius 2 is 2.00 bits per heavy atom. The molecule has 104 valence electrons. The molecular formula is C14H13BrN2O3. The molecule has 0 fully saturated rings. The molecule has 0 unspecified atom stereocenters. The second kappa shape index (κ2) is 6.38. The lowest BCUT2D eigenvalue weighted by Crippen LogP contribution is -2.14. The third kappa shape index (κ3) is 2.91. The molecule has 1 amide bonds. The van der Waals surface area contributed by atoms with Crippen molar-refractivity contribution >= 4 is 27.7 Å². The number of hydrogen-bond acceptors (Lipinski definition) is 4. The summed E-state index contributed by atoms with van der Waals surface area (Å²) in [5, 5.41) is 2.72. The van der Waals surface area contributed by atoms with Crippen molar-refractivity contribution in [3.8, 4) is 11.5 Å². The largest absolute Gasteiger partial charge is 0.493 e. The SMILES string of the molecule is COc1cccc(C(=O)Nc2ncccc2Br)c1OC. The average molecular weight is 337 g/mol. The maximum atomic E-state index is 12.3. The van der Waals surface area contributed by atoms with E-state index in [0.29, 0.717) is 27.4 Å². The van der Waals surface area contributed by atoms with Crippen LogP contribution < -0.4 is 14.8 Å². The minimum absolute atomic E-state index is 0.319. The number of rotatable bonds is 4. The number of benzene rings is 1. The van der Waals surface area contributed by atoms with E-state index >= 15 is 0 Å². The molecule has 2 rings (SSSR count). The summed E-state index contributed by atoms with van der Waals surface area (Å²) in [7, 11) is 3.01. The predicted octanol–water partition coefficient (Wildman–Crippen LogP) is 3.11. The van der Waals surface area contributed by atoms with E-state index in [2.05, 4.69) is 26.2 Å². The number of halogens is 1. The van der Waals surface area contributed by atoms with Gasteiger partial charge in [-0.1, -0.05) is 6.07 Å². The van der Waals surface area contributed by atoms with Crippen molar-refractivity contribution in [2.75, 3.05) is 19.5 Å². The Bertz CT molecular complexity index is 632. The quantitative estimate of drug-likeness (QED) is 0.931. The summed E-state index contributed by atoms with van der Waals surface area (Å²) in [5.74, 6) is 1.02. The van der Waals surface area contributed by atoms with Crippen molar-refractivity contribution in [2.24, 2.45) is 0 Å². The standard InChI is InChI=1S/C14H13BrN2O3/c1-19-11-7-3-5-9(12(11)20-2)14(18)17-13-10(15)6-4-8-16-13/h3-8H,1-2H3,(H,16,17,18).